The van der Waals surface area contributed by atoms with Crippen molar-refractivity contribution in [3.63, 3.8) is 0 Å². The first-order valence-corrected chi connectivity index (χ1v) is 9.23. The van der Waals surface area contributed by atoms with E-state index in [0.29, 0.717) is 35.0 Å². The number of nitrogens with two attached hydrogens (primary N) is 1. The van der Waals surface area contributed by atoms with Gasteiger partial charge in [-0.15, -0.1) is 0 Å². The van der Waals surface area contributed by atoms with E-state index in [4.69, 9.17) is 10.5 Å². The zero-order valence-electron chi connectivity index (χ0n) is 17.2. The summed E-state index contributed by atoms with van der Waals surface area (Å²) < 4.78 is 5.74. The van der Waals surface area contributed by atoms with E-state index in [1.165, 1.54) is 6.21 Å². The second-order valence-corrected chi connectivity index (χ2v) is 7.82. The smallest absolute Gasteiger partial charge is 0.258 e. The fourth-order valence-electron chi connectivity index (χ4n) is 2.31. The molecule has 0 unspecified atom stereocenters. The number of allylic oxidation sites excluding steroid dienone is 1. The Morgan fingerprint density at radius 2 is 1.93 bits per heavy atom. The number of nitrogens with zero attached hydrogens (tertiary/aromatic N) is 2. The molecule has 0 aliphatic rings. The van der Waals surface area contributed by atoms with E-state index in [1.54, 1.807) is 25.1 Å². The van der Waals surface area contributed by atoms with Gasteiger partial charge in [-0.3, -0.25) is 9.79 Å². The summed E-state index contributed by atoms with van der Waals surface area (Å²) in [7, 11) is 0. The molecule has 0 spiro atoms. The number of nitriles is 1. The van der Waals surface area contributed by atoms with Crippen molar-refractivity contribution >= 4 is 23.5 Å². The molecule has 0 aliphatic carbocycles. The lowest BCUT2D eigenvalue weighted by Crippen LogP contribution is -2.19. The second-order valence-electron chi connectivity index (χ2n) is 7.82. The third-order valence-electron chi connectivity index (χ3n) is 3.79. The van der Waals surface area contributed by atoms with Crippen molar-refractivity contribution in [2.45, 2.75) is 27.7 Å². The van der Waals surface area contributed by atoms with Gasteiger partial charge in [-0.25, -0.2) is 0 Å². The SMILES string of the molecule is CC(N)=C(C=Nc1ccccc1)C(=O)Nc1ccc(OCC(C)(C)C)c(C#N)c1. The maximum Gasteiger partial charge on any atom is 0.258 e. The molecule has 0 aromatic heterocycles. The van der Waals surface area contributed by atoms with E-state index in [2.05, 4.69) is 16.4 Å². The summed E-state index contributed by atoms with van der Waals surface area (Å²) in [5.74, 6) is 0.0776. The van der Waals surface area contributed by atoms with Crippen LogP contribution in [-0.2, 0) is 4.79 Å². The van der Waals surface area contributed by atoms with Gasteiger partial charge in [0.15, 0.2) is 0 Å². The summed E-state index contributed by atoms with van der Waals surface area (Å²) in [5, 5.41) is 12.2. The first-order chi connectivity index (χ1) is 13.7. The normalized spacial score (nSPS) is 12.2. The standard InChI is InChI=1S/C23H26N4O2/c1-16(25)20(14-26-18-8-6-5-7-9-18)22(28)27-19-10-11-21(17(12-19)13-24)29-15-23(2,3)4/h5-12,14H,15,25H2,1-4H3,(H,27,28). The molecule has 2 aromatic rings. The number of hydrogen-bond donors (Lipinski definition) is 2. The Morgan fingerprint density at radius 1 is 1.24 bits per heavy atom. The van der Waals surface area contributed by atoms with Gasteiger partial charge in [0, 0.05) is 17.6 Å². The highest BCUT2D eigenvalue weighted by atomic mass is 16.5. The predicted molar refractivity (Wildman–Crippen MR) is 116 cm³/mol. The fourth-order valence-corrected chi connectivity index (χ4v) is 2.31. The quantitative estimate of drug-likeness (QED) is 0.558. The molecular formula is C23H26N4O2. The summed E-state index contributed by atoms with van der Waals surface area (Å²) >= 11 is 0. The van der Waals surface area contributed by atoms with Crippen LogP contribution in [0.1, 0.15) is 33.3 Å². The zero-order chi connectivity index (χ0) is 21.4. The van der Waals surface area contributed by atoms with Crippen LogP contribution in [0.3, 0.4) is 0 Å². The van der Waals surface area contributed by atoms with Gasteiger partial charge in [0.1, 0.15) is 11.8 Å². The third kappa shape index (κ3) is 6.82. The van der Waals surface area contributed by atoms with Crippen molar-refractivity contribution in [1.82, 2.24) is 0 Å². The molecule has 6 heteroatoms. The molecule has 0 heterocycles. The minimum atomic E-state index is -0.406. The van der Waals surface area contributed by atoms with E-state index in [9.17, 15) is 10.1 Å². The molecule has 3 N–H and O–H groups in total. The van der Waals surface area contributed by atoms with Crippen molar-refractivity contribution in [2.75, 3.05) is 11.9 Å². The van der Waals surface area contributed by atoms with Gasteiger partial charge >= 0.3 is 0 Å². The number of nitrogens with one attached hydrogen (secondary N) is 1. The van der Waals surface area contributed by atoms with Crippen LogP contribution in [0, 0.1) is 16.7 Å². The minimum absolute atomic E-state index is 0.0317. The highest BCUT2D eigenvalue weighted by molar-refractivity contribution is 6.18. The lowest BCUT2D eigenvalue weighted by atomic mass is 9.98. The van der Waals surface area contributed by atoms with Gasteiger partial charge in [0.05, 0.1) is 23.4 Å². The number of anilines is 1. The summed E-state index contributed by atoms with van der Waals surface area (Å²) in [6.07, 6.45) is 1.44. The van der Waals surface area contributed by atoms with Crippen LogP contribution in [0.25, 0.3) is 0 Å². The number of aliphatic imine (C=N–C) groups is 1. The molecule has 0 radical (unpaired) electrons. The number of ether oxygens (including phenoxy) is 1. The Kier molecular flexibility index (Phi) is 7.15. The first-order valence-electron chi connectivity index (χ1n) is 9.23. The zero-order valence-corrected chi connectivity index (χ0v) is 17.2. The topological polar surface area (TPSA) is 100 Å². The second kappa shape index (κ2) is 9.56. The van der Waals surface area contributed by atoms with Crippen LogP contribution in [0.2, 0.25) is 0 Å². The molecule has 150 valence electrons. The largest absolute Gasteiger partial charge is 0.492 e. The molecule has 0 bridgehead atoms. The highest BCUT2D eigenvalue weighted by Crippen LogP contribution is 2.25. The van der Waals surface area contributed by atoms with Gasteiger partial charge in [-0.05, 0) is 42.7 Å². The van der Waals surface area contributed by atoms with Gasteiger partial charge in [-0.1, -0.05) is 39.0 Å². The van der Waals surface area contributed by atoms with E-state index < -0.39 is 5.91 Å². The minimum Gasteiger partial charge on any atom is -0.492 e. The average Bonchev–Trinajstić information content (AvgIpc) is 2.66. The molecule has 2 aromatic carbocycles. The van der Waals surface area contributed by atoms with Crippen molar-refractivity contribution in [2.24, 2.45) is 16.1 Å². The Morgan fingerprint density at radius 3 is 2.52 bits per heavy atom. The molecule has 0 atom stereocenters. The van der Waals surface area contributed by atoms with Crippen LogP contribution in [0.5, 0.6) is 5.75 Å². The maximum absolute atomic E-state index is 12.7. The van der Waals surface area contributed by atoms with Crippen molar-refractivity contribution < 1.29 is 9.53 Å². The highest BCUT2D eigenvalue weighted by Gasteiger charge is 2.15. The number of carbonyl (C=O) groups excluding carboxylic acids is 1. The lowest BCUT2D eigenvalue weighted by molar-refractivity contribution is -0.112. The van der Waals surface area contributed by atoms with Crippen molar-refractivity contribution in [1.29, 1.82) is 5.26 Å². The van der Waals surface area contributed by atoms with E-state index >= 15 is 0 Å². The number of carbonyl (C=O) groups is 1. The predicted octanol–water partition coefficient (Wildman–Crippen LogP) is 4.56. The van der Waals surface area contributed by atoms with Crippen molar-refractivity contribution in [3.05, 3.63) is 65.4 Å². The molecule has 1 amide bonds. The molecule has 0 aliphatic heterocycles. The molecule has 2 rings (SSSR count). The van der Waals surface area contributed by atoms with Crippen LogP contribution < -0.4 is 15.8 Å². The first kappa shape index (κ1) is 21.7. The summed E-state index contributed by atoms with van der Waals surface area (Å²) in [4.78, 5) is 17.0. The summed E-state index contributed by atoms with van der Waals surface area (Å²) in [6.45, 7) is 8.26. The Balaban J connectivity index is 2.16. The van der Waals surface area contributed by atoms with Crippen LogP contribution in [0.15, 0.2) is 64.8 Å². The Labute approximate surface area is 171 Å². The number of amides is 1. The monoisotopic (exact) mass is 390 g/mol. The number of rotatable bonds is 6. The van der Waals surface area contributed by atoms with E-state index in [0.717, 1.165) is 0 Å². The maximum atomic E-state index is 12.7. The molecule has 29 heavy (non-hydrogen) atoms. The van der Waals surface area contributed by atoms with E-state index in [-0.39, 0.29) is 11.0 Å². The van der Waals surface area contributed by atoms with Gasteiger partial charge in [-0.2, -0.15) is 5.26 Å². The molecular weight excluding hydrogens is 364 g/mol. The molecule has 0 fully saturated rings. The van der Waals surface area contributed by atoms with Crippen molar-refractivity contribution in [3.8, 4) is 11.8 Å². The third-order valence-corrected chi connectivity index (χ3v) is 3.79. The number of hydrogen-bond acceptors (Lipinski definition) is 5. The summed E-state index contributed by atoms with van der Waals surface area (Å²) in [5.41, 5.74) is 7.97. The Bertz CT molecular complexity index is 961. The summed E-state index contributed by atoms with van der Waals surface area (Å²) in [6, 6.07) is 16.3. The molecule has 6 nitrogen and oxygen atoms in total. The lowest BCUT2D eigenvalue weighted by Gasteiger charge is -2.19. The van der Waals surface area contributed by atoms with Gasteiger partial charge in [0.2, 0.25) is 0 Å². The average molecular weight is 390 g/mol. The Hall–Kier alpha value is -3.59. The number of para-hydroxylation sites is 1. The molecule has 0 saturated heterocycles. The van der Waals surface area contributed by atoms with Gasteiger partial charge < -0.3 is 15.8 Å². The molecule has 0 saturated carbocycles. The van der Waals surface area contributed by atoms with E-state index in [1.807, 2.05) is 51.1 Å². The van der Waals surface area contributed by atoms with Crippen LogP contribution in [0.4, 0.5) is 11.4 Å². The van der Waals surface area contributed by atoms with Crippen LogP contribution >= 0.6 is 0 Å². The van der Waals surface area contributed by atoms with Gasteiger partial charge in [0.25, 0.3) is 5.91 Å². The van der Waals surface area contributed by atoms with Crippen LogP contribution in [-0.4, -0.2) is 18.7 Å². The number of benzene rings is 2. The fraction of sp³-hybridized carbons (Fsp3) is 0.261.